The summed E-state index contributed by atoms with van der Waals surface area (Å²) in [7, 11) is 0. The van der Waals surface area contributed by atoms with Crippen LogP contribution < -0.4 is 0 Å². The summed E-state index contributed by atoms with van der Waals surface area (Å²) in [5, 5.41) is 0. The van der Waals surface area contributed by atoms with Crippen LogP contribution in [0.5, 0.6) is 0 Å². The van der Waals surface area contributed by atoms with Gasteiger partial charge in [-0.05, 0) is 0 Å². The molecule has 0 nitrogen and oxygen atoms in total. The summed E-state index contributed by atoms with van der Waals surface area (Å²) in [5.74, 6) is 0. The van der Waals surface area contributed by atoms with Crippen molar-refractivity contribution in [2.24, 2.45) is 0 Å². The van der Waals surface area contributed by atoms with E-state index in [9.17, 15) is 0 Å². The summed E-state index contributed by atoms with van der Waals surface area (Å²) in [6.45, 7) is 0. The Morgan fingerprint density at radius 1 is 1.00 bits per heavy atom. The van der Waals surface area contributed by atoms with Gasteiger partial charge in [-0.1, -0.05) is 0 Å². The molecule has 0 heterocycles. The molecule has 0 aliphatic rings. The molecule has 0 fully saturated rings. The van der Waals surface area contributed by atoms with Gasteiger partial charge in [0.2, 0.25) is 0 Å². The van der Waals surface area contributed by atoms with Gasteiger partial charge >= 0.3 is 142 Å². The Bertz CT molecular complexity index is 8.75. The van der Waals surface area contributed by atoms with Crippen molar-refractivity contribution in [1.82, 2.24) is 0 Å². The van der Waals surface area contributed by atoms with Crippen molar-refractivity contribution in [1.29, 1.82) is 0 Å². The van der Waals surface area contributed by atoms with Crippen molar-refractivity contribution in [2.45, 2.75) is 0 Å². The molecule has 6 heteroatoms. The fraction of sp³-hybridized carbons (Fsp3) is 0. The van der Waals surface area contributed by atoms with Crippen LogP contribution in [0.2, 0.25) is 0 Å². The van der Waals surface area contributed by atoms with Crippen molar-refractivity contribution in [3.8, 4) is 0 Å². The molecule has 0 saturated carbocycles. The Morgan fingerprint density at radius 2 is 1.00 bits per heavy atom. The van der Waals surface area contributed by atoms with Crippen LogP contribution in [-0.4, -0.2) is 129 Å². The number of hydrogen-bond acceptors (Lipinski definition) is 0. The van der Waals surface area contributed by atoms with Crippen LogP contribution in [0, 0.1) is 0 Å². The largest absolute Gasteiger partial charge is 0.316 e. The minimum Gasteiger partial charge on any atom is 0.316 e. The third-order valence-corrected chi connectivity index (χ3v) is 0. The number of rotatable bonds is 0. The molecule has 0 rings (SSSR count). The van der Waals surface area contributed by atoms with E-state index in [1.54, 1.807) is 0 Å². The Labute approximate surface area is 137 Å². The van der Waals surface area contributed by atoms with Gasteiger partial charge in [-0.3, -0.25) is 0 Å². The minimum atomic E-state index is -0.931. The van der Waals surface area contributed by atoms with Crippen molar-refractivity contribution >= 4 is 142 Å². The normalized spacial score (nSPS) is 1.67. The van der Waals surface area contributed by atoms with Gasteiger partial charge in [-0.15, -0.1) is 0 Å². The van der Waals surface area contributed by atoms with Crippen molar-refractivity contribution in [2.75, 3.05) is 0 Å². The van der Waals surface area contributed by atoms with Gasteiger partial charge < -0.3 is 0 Å². The Balaban J connectivity index is -0.00000000667. The Morgan fingerprint density at radius 3 is 1.00 bits per heavy atom. The zero-order chi connectivity index (χ0) is 2.71. The average molecular weight is 221 g/mol. The second-order valence-electron chi connectivity index (χ2n) is 0.101. The molecule has 0 aromatic rings. The fourth-order valence-electron chi connectivity index (χ4n) is 0. The molecule has 28 valence electrons. The molecule has 0 spiro atoms. The molecule has 0 unspecified atom stereocenters. The van der Waals surface area contributed by atoms with Crippen LogP contribution in [0.1, 0.15) is 0 Å². The molecular formula is H6Ca3Cl2Mg. The molecule has 0 amide bonds. The van der Waals surface area contributed by atoms with Gasteiger partial charge in [-0.2, -0.15) is 0 Å². The van der Waals surface area contributed by atoms with Crippen LogP contribution in [0.25, 0.3) is 0 Å². The quantitative estimate of drug-likeness (QED) is 0.426. The molecule has 0 aliphatic heterocycles. The molecule has 0 aromatic heterocycles. The van der Waals surface area contributed by atoms with Crippen LogP contribution >= 0.6 is 12.8 Å². The SMILES string of the molecule is [CaH2].[CaH2].[Cl][Ca][Cl].[MgH2]. The third kappa shape index (κ3) is 22.9. The maximum Gasteiger partial charge on any atom is 0.316 e. The molecule has 0 atom stereocenters. The van der Waals surface area contributed by atoms with E-state index in [2.05, 4.69) is 0 Å². The first-order valence-corrected chi connectivity index (χ1v) is 6.61. The van der Waals surface area contributed by atoms with Gasteiger partial charge in [0.05, 0.1) is 0 Å². The van der Waals surface area contributed by atoms with E-state index in [0.29, 0.717) is 0 Å². The maximum absolute atomic E-state index is 4.95. The second-order valence-corrected chi connectivity index (χ2v) is 3.75. The molecule has 0 aliphatic carbocycles. The van der Waals surface area contributed by atoms with E-state index < -0.39 is 30.8 Å². The fourth-order valence-corrected chi connectivity index (χ4v) is 0. The molecular weight excluding hydrogens is 215 g/mol. The van der Waals surface area contributed by atoms with Crippen LogP contribution in [0.15, 0.2) is 0 Å². The van der Waals surface area contributed by atoms with Gasteiger partial charge in [0.25, 0.3) is 0 Å². The Kier molecular flexibility index (Phi) is 84.1. The average Bonchev–Trinajstić information content (AvgIpc) is 0.918. The van der Waals surface area contributed by atoms with E-state index in [4.69, 9.17) is 12.8 Å². The number of halogens is 2. The monoisotopic (exact) mass is 220 g/mol. The van der Waals surface area contributed by atoms with E-state index >= 15 is 0 Å². The summed E-state index contributed by atoms with van der Waals surface area (Å²) < 4.78 is 0. The minimum absolute atomic E-state index is 0. The van der Waals surface area contributed by atoms with Crippen molar-refractivity contribution in [3.05, 3.63) is 0 Å². The van der Waals surface area contributed by atoms with Crippen molar-refractivity contribution < 1.29 is 0 Å². The molecule has 0 saturated heterocycles. The molecule has 6 heavy (non-hydrogen) atoms. The van der Waals surface area contributed by atoms with E-state index in [-0.39, 0.29) is 98.5 Å². The van der Waals surface area contributed by atoms with Gasteiger partial charge in [0.1, 0.15) is 0 Å². The third-order valence-electron chi connectivity index (χ3n) is 0. The van der Waals surface area contributed by atoms with E-state index in [1.165, 1.54) is 0 Å². The number of hydrogen-bond donors (Lipinski definition) is 0. The summed E-state index contributed by atoms with van der Waals surface area (Å²) in [5.41, 5.74) is 0. The second kappa shape index (κ2) is 22.5. The van der Waals surface area contributed by atoms with E-state index in [0.717, 1.165) is 0 Å². The zero-order valence-corrected chi connectivity index (χ0v) is 5.18. The summed E-state index contributed by atoms with van der Waals surface area (Å²) >= 11 is -0.931. The van der Waals surface area contributed by atoms with Gasteiger partial charge in [0.15, 0.2) is 0 Å². The van der Waals surface area contributed by atoms with Crippen LogP contribution in [-0.2, 0) is 0 Å². The molecule has 0 aromatic carbocycles. The predicted molar refractivity (Wildman–Crippen MR) is 43.1 cm³/mol. The molecule has 0 radical (unpaired) electrons. The first-order valence-electron chi connectivity index (χ1n) is 0.535. The summed E-state index contributed by atoms with van der Waals surface area (Å²) in [6.07, 6.45) is 9.90. The predicted octanol–water partition coefficient (Wildman–Crippen LogP) is -1.75. The van der Waals surface area contributed by atoms with E-state index in [1.807, 2.05) is 0 Å². The summed E-state index contributed by atoms with van der Waals surface area (Å²) in [6, 6.07) is 0. The standard InChI is InChI=1S/3Ca.2ClH.Mg.6H/h;;;2*1H;;;;;;;/q;;+2;;;;;;;;;/p-2. The molecule has 0 N–H and O–H groups in total. The first-order chi connectivity index (χ1) is 1.41. The van der Waals surface area contributed by atoms with Crippen LogP contribution in [0.3, 0.4) is 0 Å². The summed E-state index contributed by atoms with van der Waals surface area (Å²) in [4.78, 5) is 0. The van der Waals surface area contributed by atoms with Crippen molar-refractivity contribution in [3.63, 3.8) is 0 Å². The first kappa shape index (κ1) is 22.5. The van der Waals surface area contributed by atoms with Gasteiger partial charge in [-0.25, -0.2) is 0 Å². The Hall–Kier alpha value is 5.13. The van der Waals surface area contributed by atoms with Gasteiger partial charge in [0, 0.05) is 0 Å². The molecule has 0 bridgehead atoms. The maximum atomic E-state index is 4.95. The topological polar surface area (TPSA) is 0 Å². The smallest absolute Gasteiger partial charge is 0.316 e. The van der Waals surface area contributed by atoms with Crippen LogP contribution in [0.4, 0.5) is 0 Å². The zero-order valence-electron chi connectivity index (χ0n) is 1.46.